The number of esters is 1. The number of hydrogen-bond acceptors (Lipinski definition) is 6. The predicted molar refractivity (Wildman–Crippen MR) is 163 cm³/mol. The highest BCUT2D eigenvalue weighted by molar-refractivity contribution is 6.08. The Hall–Kier alpha value is -4.78. The average Bonchev–Trinajstić information content (AvgIpc) is 2.98. The van der Waals surface area contributed by atoms with Crippen molar-refractivity contribution in [2.75, 3.05) is 18.5 Å². The van der Waals surface area contributed by atoms with E-state index in [1.807, 2.05) is 24.3 Å². The molecule has 2 heterocycles. The fourth-order valence-electron chi connectivity index (χ4n) is 5.53. The molecule has 0 atom stereocenters. The van der Waals surface area contributed by atoms with Crippen LogP contribution in [0.1, 0.15) is 76.7 Å². The summed E-state index contributed by atoms with van der Waals surface area (Å²) in [6, 6.07) is 20.9. The van der Waals surface area contributed by atoms with Crippen molar-refractivity contribution in [2.45, 2.75) is 45.4 Å². The van der Waals surface area contributed by atoms with Crippen molar-refractivity contribution in [2.24, 2.45) is 0 Å². The highest BCUT2D eigenvalue weighted by Crippen LogP contribution is 2.37. The highest BCUT2D eigenvalue weighted by Gasteiger charge is 2.27. The third kappa shape index (κ3) is 5.42. The number of carbonyl (C=O) groups is 3. The second-order valence-corrected chi connectivity index (χ2v) is 11.8. The van der Waals surface area contributed by atoms with Gasteiger partial charge < -0.3 is 14.8 Å². The highest BCUT2D eigenvalue weighted by atomic mass is 16.5. The molecule has 1 aliphatic heterocycles. The van der Waals surface area contributed by atoms with Gasteiger partial charge in [-0.05, 0) is 77.3 Å². The van der Waals surface area contributed by atoms with E-state index in [1.54, 1.807) is 12.1 Å². The van der Waals surface area contributed by atoms with Crippen molar-refractivity contribution in [1.82, 2.24) is 4.98 Å². The van der Waals surface area contributed by atoms with E-state index in [1.165, 1.54) is 11.6 Å². The van der Waals surface area contributed by atoms with Crippen LogP contribution in [-0.2, 0) is 21.4 Å². The van der Waals surface area contributed by atoms with Gasteiger partial charge in [0.2, 0.25) is 0 Å². The molecule has 3 aromatic carbocycles. The van der Waals surface area contributed by atoms with Crippen LogP contribution in [0.2, 0.25) is 0 Å². The quantitative estimate of drug-likeness (QED) is 0.214. The largest absolute Gasteiger partial charge is 0.482 e. The fourth-order valence-corrected chi connectivity index (χ4v) is 5.53. The Kier molecular flexibility index (Phi) is 7.11. The summed E-state index contributed by atoms with van der Waals surface area (Å²) < 4.78 is 11.0. The molecule has 1 amide bonds. The number of pyridine rings is 1. The number of fused-ring (bicyclic) bond motifs is 3. The van der Waals surface area contributed by atoms with Crippen LogP contribution in [-0.4, -0.2) is 35.9 Å². The van der Waals surface area contributed by atoms with E-state index >= 15 is 0 Å². The Bertz CT molecular complexity index is 1760. The van der Waals surface area contributed by atoms with Crippen LogP contribution in [0.25, 0.3) is 22.6 Å². The lowest BCUT2D eigenvalue weighted by atomic mass is 9.85. The molecule has 2 aliphatic rings. The summed E-state index contributed by atoms with van der Waals surface area (Å²) in [5.74, 6) is -0.726. The van der Waals surface area contributed by atoms with E-state index < -0.39 is 12.6 Å². The zero-order valence-corrected chi connectivity index (χ0v) is 24.0. The van der Waals surface area contributed by atoms with E-state index in [9.17, 15) is 14.4 Å². The molecule has 0 unspecified atom stereocenters. The van der Waals surface area contributed by atoms with E-state index in [4.69, 9.17) is 14.5 Å². The molecular weight excluding hydrogens is 528 g/mol. The number of benzene rings is 3. The maximum Gasteiger partial charge on any atom is 0.339 e. The Morgan fingerprint density at radius 3 is 2.60 bits per heavy atom. The lowest BCUT2D eigenvalue weighted by Crippen LogP contribution is -2.25. The zero-order chi connectivity index (χ0) is 29.4. The molecule has 0 bridgehead atoms. The van der Waals surface area contributed by atoms with Gasteiger partial charge in [0.25, 0.3) is 5.91 Å². The Labute approximate surface area is 244 Å². The van der Waals surface area contributed by atoms with Crippen LogP contribution in [0.3, 0.4) is 0 Å². The maximum absolute atomic E-state index is 13.6. The minimum absolute atomic E-state index is 0.0670. The molecule has 0 radical (unpaired) electrons. The number of rotatable bonds is 5. The van der Waals surface area contributed by atoms with E-state index in [0.29, 0.717) is 39.9 Å². The fraction of sp³-hybridized carbons (Fsp3) is 0.257. The van der Waals surface area contributed by atoms with Gasteiger partial charge in [-0.25, -0.2) is 9.78 Å². The smallest absolute Gasteiger partial charge is 0.339 e. The molecule has 4 aromatic rings. The SMILES string of the molecule is CC(C)(C)c1ccc(/C=C2/CCCc3c2nc2ccccc2c3C(=O)OCC(=O)c2ccc3c(c2)NC(=O)CO3)cc1. The molecule has 42 heavy (non-hydrogen) atoms. The van der Waals surface area contributed by atoms with Gasteiger partial charge in [-0.1, -0.05) is 63.2 Å². The average molecular weight is 561 g/mol. The molecule has 7 nitrogen and oxygen atoms in total. The summed E-state index contributed by atoms with van der Waals surface area (Å²) in [5, 5.41) is 3.40. The van der Waals surface area contributed by atoms with Crippen molar-refractivity contribution < 1.29 is 23.9 Å². The van der Waals surface area contributed by atoms with Gasteiger partial charge in [-0.3, -0.25) is 9.59 Å². The van der Waals surface area contributed by atoms with Crippen LogP contribution < -0.4 is 10.1 Å². The molecule has 1 aliphatic carbocycles. The first kappa shape index (κ1) is 27.4. The molecule has 0 saturated carbocycles. The van der Waals surface area contributed by atoms with Gasteiger partial charge in [-0.2, -0.15) is 0 Å². The van der Waals surface area contributed by atoms with Crippen LogP contribution in [0.4, 0.5) is 5.69 Å². The van der Waals surface area contributed by atoms with Crippen LogP contribution >= 0.6 is 0 Å². The van der Waals surface area contributed by atoms with Crippen molar-refractivity contribution in [3.8, 4) is 5.75 Å². The summed E-state index contributed by atoms with van der Waals surface area (Å²) in [5.41, 5.74) is 7.07. The van der Waals surface area contributed by atoms with Gasteiger partial charge in [0, 0.05) is 10.9 Å². The monoisotopic (exact) mass is 560 g/mol. The van der Waals surface area contributed by atoms with Crippen molar-refractivity contribution in [1.29, 1.82) is 0 Å². The number of anilines is 1. The minimum Gasteiger partial charge on any atom is -0.482 e. The summed E-state index contributed by atoms with van der Waals surface area (Å²) in [4.78, 5) is 43.3. The van der Waals surface area contributed by atoms with Gasteiger partial charge in [-0.15, -0.1) is 0 Å². The van der Waals surface area contributed by atoms with Gasteiger partial charge in [0.05, 0.1) is 22.5 Å². The third-order valence-electron chi connectivity index (χ3n) is 7.76. The Morgan fingerprint density at radius 2 is 1.81 bits per heavy atom. The van der Waals surface area contributed by atoms with Gasteiger partial charge in [0.15, 0.2) is 19.0 Å². The zero-order valence-electron chi connectivity index (χ0n) is 24.0. The lowest BCUT2D eigenvalue weighted by Gasteiger charge is -2.23. The van der Waals surface area contributed by atoms with Crippen LogP contribution in [0, 0.1) is 0 Å². The number of para-hydroxylation sites is 1. The first-order chi connectivity index (χ1) is 20.2. The van der Waals surface area contributed by atoms with Crippen molar-refractivity contribution in [3.63, 3.8) is 0 Å². The Morgan fingerprint density at radius 1 is 1.02 bits per heavy atom. The van der Waals surface area contributed by atoms with Crippen molar-refractivity contribution in [3.05, 3.63) is 100 Å². The lowest BCUT2D eigenvalue weighted by molar-refractivity contribution is -0.118. The molecule has 0 fully saturated rings. The van der Waals surface area contributed by atoms with Gasteiger partial charge >= 0.3 is 5.97 Å². The molecule has 0 saturated heterocycles. The number of carbonyl (C=O) groups excluding carboxylic acids is 3. The standard InChI is InChI=1S/C35H32N2O5/c1-35(2,3)24-14-11-21(12-15-24)17-23-7-6-9-26-32(25-8-4-5-10-27(25)37-33(23)26)34(40)42-19-29(38)22-13-16-30-28(18-22)36-31(39)20-41-30/h4-5,8,10-18H,6-7,9,19-20H2,1-3H3,(H,36,39)/b23-17-. The molecular formula is C35H32N2O5. The number of ketones is 1. The maximum atomic E-state index is 13.6. The topological polar surface area (TPSA) is 94.6 Å². The third-order valence-corrected chi connectivity index (χ3v) is 7.76. The number of nitrogens with one attached hydrogen (secondary N) is 1. The Balaban J connectivity index is 1.30. The second kappa shape index (κ2) is 10.9. The minimum atomic E-state index is -0.552. The first-order valence-electron chi connectivity index (χ1n) is 14.2. The number of Topliss-reactive ketones (excluding diaryl/α,β-unsaturated/α-hetero) is 1. The molecule has 1 N–H and O–H groups in total. The number of allylic oxidation sites excluding steroid dienone is 1. The number of ether oxygens (including phenoxy) is 2. The van der Waals surface area contributed by atoms with Crippen molar-refractivity contribution >= 4 is 45.9 Å². The number of hydrogen-bond donors (Lipinski definition) is 1. The number of amides is 1. The summed E-state index contributed by atoms with van der Waals surface area (Å²) >= 11 is 0. The molecule has 1 aromatic heterocycles. The first-order valence-corrected chi connectivity index (χ1v) is 14.2. The van der Waals surface area contributed by atoms with Crippen LogP contribution in [0.5, 0.6) is 5.75 Å². The second-order valence-electron chi connectivity index (χ2n) is 11.8. The molecule has 7 heteroatoms. The molecule has 212 valence electrons. The van der Waals surface area contributed by atoms with E-state index in [2.05, 4.69) is 56.4 Å². The van der Waals surface area contributed by atoms with E-state index in [-0.39, 0.29) is 23.7 Å². The predicted octanol–water partition coefficient (Wildman–Crippen LogP) is 6.78. The van der Waals surface area contributed by atoms with Gasteiger partial charge in [0.1, 0.15) is 5.75 Å². The normalized spacial score (nSPS) is 15.4. The molecule has 6 rings (SSSR count). The van der Waals surface area contributed by atoms with Crippen LogP contribution in [0.15, 0.2) is 66.7 Å². The summed E-state index contributed by atoms with van der Waals surface area (Å²) in [6.45, 7) is 6.09. The number of aromatic nitrogens is 1. The number of nitrogens with zero attached hydrogens (tertiary/aromatic N) is 1. The molecule has 0 spiro atoms. The summed E-state index contributed by atoms with van der Waals surface area (Å²) in [6.07, 6.45) is 4.58. The van der Waals surface area contributed by atoms with E-state index in [0.717, 1.165) is 35.2 Å². The summed E-state index contributed by atoms with van der Waals surface area (Å²) in [7, 11) is 0.